The minimum Gasteiger partial charge on any atom is -0.508 e. The third kappa shape index (κ3) is 1.41. The highest BCUT2D eigenvalue weighted by molar-refractivity contribution is 5.80. The Morgan fingerprint density at radius 2 is 2.27 bits per heavy atom. The van der Waals surface area contributed by atoms with Gasteiger partial charge in [0.2, 0.25) is 0 Å². The number of nitrogens with zero attached hydrogens (tertiary/aromatic N) is 1. The summed E-state index contributed by atoms with van der Waals surface area (Å²) in [5.41, 5.74) is 0.0702. The second-order valence-corrected chi connectivity index (χ2v) is 3.17. The number of methoxy groups -OCH3 is 1. The molecule has 2 heterocycles. The number of hydrogen-bond acceptors (Lipinski definition) is 4. The smallest absolute Gasteiger partial charge is 0.333 e. The SMILES string of the molecule is COC(=O)[C@@H]1C=Cc2cc(O)cc(=O)n21. The highest BCUT2D eigenvalue weighted by atomic mass is 16.5. The van der Waals surface area contributed by atoms with Gasteiger partial charge in [-0.05, 0) is 12.2 Å². The quantitative estimate of drug-likeness (QED) is 0.672. The molecule has 5 heteroatoms. The number of carbonyl (C=O) groups is 1. The fourth-order valence-corrected chi connectivity index (χ4v) is 1.59. The minimum atomic E-state index is -0.724. The Hall–Kier alpha value is -2.04. The van der Waals surface area contributed by atoms with E-state index in [-0.39, 0.29) is 5.75 Å². The van der Waals surface area contributed by atoms with Gasteiger partial charge in [0.15, 0.2) is 6.04 Å². The van der Waals surface area contributed by atoms with Crippen molar-refractivity contribution in [1.29, 1.82) is 0 Å². The summed E-state index contributed by atoms with van der Waals surface area (Å²) in [6, 6.07) is 1.76. The lowest BCUT2D eigenvalue weighted by Gasteiger charge is -2.11. The first-order chi connectivity index (χ1) is 7.13. The standard InChI is InChI=1S/C10H9NO4/c1-15-10(14)8-3-2-6-4-7(12)5-9(13)11(6)8/h2-5,8,12H,1H3/t8-/m0/s1. The third-order valence-corrected chi connectivity index (χ3v) is 2.25. The molecule has 1 atom stereocenters. The van der Waals surface area contributed by atoms with E-state index in [0.717, 1.165) is 6.07 Å². The van der Waals surface area contributed by atoms with Crippen LogP contribution in [0.15, 0.2) is 23.0 Å². The van der Waals surface area contributed by atoms with E-state index in [1.54, 1.807) is 12.2 Å². The summed E-state index contributed by atoms with van der Waals surface area (Å²) in [6.45, 7) is 0. The number of carbonyl (C=O) groups excluding carboxylic acids is 1. The van der Waals surface area contributed by atoms with E-state index in [1.807, 2.05) is 0 Å². The molecule has 0 aromatic carbocycles. The summed E-state index contributed by atoms with van der Waals surface area (Å²) in [5, 5.41) is 9.20. The van der Waals surface area contributed by atoms with Crippen molar-refractivity contribution in [3.05, 3.63) is 34.3 Å². The van der Waals surface area contributed by atoms with Crippen LogP contribution in [0, 0.1) is 0 Å². The lowest BCUT2D eigenvalue weighted by molar-refractivity contribution is -0.143. The molecule has 1 aliphatic rings. The van der Waals surface area contributed by atoms with Gasteiger partial charge in [-0.25, -0.2) is 4.79 Å². The third-order valence-electron chi connectivity index (χ3n) is 2.25. The van der Waals surface area contributed by atoms with Crippen molar-refractivity contribution in [3.63, 3.8) is 0 Å². The van der Waals surface area contributed by atoms with Crippen LogP contribution in [0.25, 0.3) is 6.08 Å². The predicted molar refractivity (Wildman–Crippen MR) is 52.5 cm³/mol. The number of aromatic nitrogens is 1. The highest BCUT2D eigenvalue weighted by Gasteiger charge is 2.25. The molecule has 2 rings (SSSR count). The van der Waals surface area contributed by atoms with Crippen LogP contribution in [-0.4, -0.2) is 22.8 Å². The van der Waals surface area contributed by atoms with E-state index in [2.05, 4.69) is 4.74 Å². The molecule has 0 aliphatic carbocycles. The Labute approximate surface area is 85.2 Å². The molecular weight excluding hydrogens is 198 g/mol. The number of esters is 1. The Bertz CT molecular complexity index is 501. The van der Waals surface area contributed by atoms with Crippen LogP contribution < -0.4 is 5.56 Å². The molecule has 1 N–H and O–H groups in total. The van der Waals surface area contributed by atoms with Crippen molar-refractivity contribution in [3.8, 4) is 5.75 Å². The monoisotopic (exact) mass is 207 g/mol. The molecule has 1 aromatic heterocycles. The van der Waals surface area contributed by atoms with Crippen molar-refractivity contribution in [2.45, 2.75) is 6.04 Å². The summed E-state index contributed by atoms with van der Waals surface area (Å²) in [6.07, 6.45) is 3.16. The molecule has 5 nitrogen and oxygen atoms in total. The molecule has 0 saturated carbocycles. The van der Waals surface area contributed by atoms with Gasteiger partial charge in [0.25, 0.3) is 5.56 Å². The summed E-state index contributed by atoms with van der Waals surface area (Å²) in [7, 11) is 1.26. The van der Waals surface area contributed by atoms with Crippen molar-refractivity contribution in [1.82, 2.24) is 4.57 Å². The number of ether oxygens (including phenoxy) is 1. The maximum Gasteiger partial charge on any atom is 0.333 e. The van der Waals surface area contributed by atoms with Crippen molar-refractivity contribution in [2.24, 2.45) is 0 Å². The molecule has 0 amide bonds. The summed E-state index contributed by atoms with van der Waals surface area (Å²) < 4.78 is 5.83. The maximum absolute atomic E-state index is 11.5. The molecule has 0 spiro atoms. The fraction of sp³-hybridized carbons (Fsp3) is 0.200. The second-order valence-electron chi connectivity index (χ2n) is 3.17. The van der Waals surface area contributed by atoms with E-state index in [0.29, 0.717) is 5.69 Å². The van der Waals surface area contributed by atoms with Crippen LogP contribution in [0.1, 0.15) is 11.7 Å². The first kappa shape index (κ1) is 9.51. The zero-order chi connectivity index (χ0) is 11.0. The number of aromatic hydroxyl groups is 1. The zero-order valence-corrected chi connectivity index (χ0v) is 8.01. The van der Waals surface area contributed by atoms with Gasteiger partial charge in [-0.3, -0.25) is 9.36 Å². The van der Waals surface area contributed by atoms with Gasteiger partial charge in [0.1, 0.15) is 5.75 Å². The van der Waals surface area contributed by atoms with Gasteiger partial charge in [-0.1, -0.05) is 0 Å². The van der Waals surface area contributed by atoms with Gasteiger partial charge in [0.05, 0.1) is 7.11 Å². The van der Waals surface area contributed by atoms with Gasteiger partial charge in [0, 0.05) is 17.8 Å². The first-order valence-electron chi connectivity index (χ1n) is 4.35. The van der Waals surface area contributed by atoms with E-state index in [9.17, 15) is 14.7 Å². The Morgan fingerprint density at radius 1 is 1.53 bits per heavy atom. The molecule has 1 aromatic rings. The fourth-order valence-electron chi connectivity index (χ4n) is 1.59. The molecular formula is C10H9NO4. The van der Waals surface area contributed by atoms with Gasteiger partial charge >= 0.3 is 5.97 Å². The molecule has 0 radical (unpaired) electrons. The van der Waals surface area contributed by atoms with Gasteiger partial charge in [-0.15, -0.1) is 0 Å². The van der Waals surface area contributed by atoms with Crippen LogP contribution in [0.5, 0.6) is 5.75 Å². The molecule has 0 unspecified atom stereocenters. The topological polar surface area (TPSA) is 68.5 Å². The lowest BCUT2D eigenvalue weighted by atomic mass is 10.3. The zero-order valence-electron chi connectivity index (χ0n) is 8.01. The number of rotatable bonds is 1. The van der Waals surface area contributed by atoms with Crippen LogP contribution >= 0.6 is 0 Å². The van der Waals surface area contributed by atoms with Crippen LogP contribution in [-0.2, 0) is 9.53 Å². The first-order valence-corrected chi connectivity index (χ1v) is 4.35. The average molecular weight is 207 g/mol. The Morgan fingerprint density at radius 3 is 2.93 bits per heavy atom. The van der Waals surface area contributed by atoms with Gasteiger partial charge in [-0.2, -0.15) is 0 Å². The molecule has 0 bridgehead atoms. The average Bonchev–Trinajstić information content (AvgIpc) is 2.60. The second kappa shape index (κ2) is 3.27. The number of hydrogen-bond donors (Lipinski definition) is 1. The molecule has 15 heavy (non-hydrogen) atoms. The highest BCUT2D eigenvalue weighted by Crippen LogP contribution is 2.23. The lowest BCUT2D eigenvalue weighted by Crippen LogP contribution is -2.27. The van der Waals surface area contributed by atoms with Gasteiger partial charge < -0.3 is 9.84 Å². The van der Waals surface area contributed by atoms with Crippen LogP contribution in [0.2, 0.25) is 0 Å². The normalized spacial score (nSPS) is 17.5. The Kier molecular flexibility index (Phi) is 2.07. The Balaban J connectivity index is 2.56. The van der Waals surface area contributed by atoms with E-state index < -0.39 is 17.6 Å². The van der Waals surface area contributed by atoms with E-state index >= 15 is 0 Å². The molecule has 0 saturated heterocycles. The minimum absolute atomic E-state index is 0.110. The molecule has 78 valence electrons. The van der Waals surface area contributed by atoms with Crippen LogP contribution in [0.4, 0.5) is 0 Å². The maximum atomic E-state index is 11.5. The van der Waals surface area contributed by atoms with Crippen LogP contribution in [0.3, 0.4) is 0 Å². The number of pyridine rings is 1. The largest absolute Gasteiger partial charge is 0.508 e. The summed E-state index contributed by atoms with van der Waals surface area (Å²) in [5.74, 6) is -0.612. The van der Waals surface area contributed by atoms with Crippen molar-refractivity contribution < 1.29 is 14.6 Å². The molecule has 0 fully saturated rings. The van der Waals surface area contributed by atoms with Crippen molar-refractivity contribution >= 4 is 12.0 Å². The van der Waals surface area contributed by atoms with E-state index in [4.69, 9.17) is 0 Å². The van der Waals surface area contributed by atoms with Crippen molar-refractivity contribution in [2.75, 3.05) is 7.11 Å². The summed E-state index contributed by atoms with van der Waals surface area (Å²) >= 11 is 0. The number of fused-ring (bicyclic) bond motifs is 1. The predicted octanol–water partition coefficient (Wildman–Crippen LogP) is 0.295. The molecule has 1 aliphatic heterocycles. The summed E-state index contributed by atoms with van der Waals surface area (Å²) in [4.78, 5) is 22.8. The van der Waals surface area contributed by atoms with E-state index in [1.165, 1.54) is 17.7 Å².